The predicted molar refractivity (Wildman–Crippen MR) is 61.5 cm³/mol. The molecule has 3 N–H and O–H groups in total. The third-order valence-electron chi connectivity index (χ3n) is 3.21. The minimum absolute atomic E-state index is 0.218. The van der Waals surface area contributed by atoms with Crippen molar-refractivity contribution < 1.29 is 19.4 Å². The quantitative estimate of drug-likeness (QED) is 0.815. The zero-order chi connectivity index (χ0) is 12.6. The number of hydrogen-bond donors (Lipinski definition) is 2. The van der Waals surface area contributed by atoms with Crippen LogP contribution in [0.4, 0.5) is 0 Å². The Bertz CT molecular complexity index is 460. The van der Waals surface area contributed by atoms with E-state index in [4.69, 9.17) is 20.3 Å². The van der Waals surface area contributed by atoms with E-state index in [2.05, 4.69) is 0 Å². The topological polar surface area (TPSA) is 81.8 Å². The van der Waals surface area contributed by atoms with Crippen molar-refractivity contribution in [3.8, 4) is 11.5 Å². The maximum absolute atomic E-state index is 11.0. The van der Waals surface area contributed by atoms with Gasteiger partial charge in [0.05, 0.1) is 14.2 Å². The van der Waals surface area contributed by atoms with Crippen LogP contribution in [0.2, 0.25) is 0 Å². The number of carboxylic acid groups (broad SMARTS) is 1. The largest absolute Gasteiger partial charge is 0.497 e. The van der Waals surface area contributed by atoms with Crippen LogP contribution in [-0.4, -0.2) is 30.8 Å². The summed E-state index contributed by atoms with van der Waals surface area (Å²) in [6.45, 7) is 0. The average Bonchev–Trinajstić information content (AvgIpc) is 3.02. The molecule has 1 aromatic carbocycles. The summed E-state index contributed by atoms with van der Waals surface area (Å²) in [6, 6.07) is 5.31. The number of methoxy groups -OCH3 is 2. The molecule has 5 nitrogen and oxygen atoms in total. The first kappa shape index (κ1) is 11.7. The fraction of sp³-hybridized carbons (Fsp3) is 0.417. The van der Waals surface area contributed by atoms with Gasteiger partial charge < -0.3 is 20.3 Å². The van der Waals surface area contributed by atoms with E-state index in [1.165, 1.54) is 0 Å². The van der Waals surface area contributed by atoms with Gasteiger partial charge in [0, 0.05) is 11.5 Å². The minimum Gasteiger partial charge on any atom is -0.497 e. The van der Waals surface area contributed by atoms with Crippen molar-refractivity contribution in [2.75, 3.05) is 14.2 Å². The zero-order valence-electron chi connectivity index (χ0n) is 9.77. The highest BCUT2D eigenvalue weighted by Crippen LogP contribution is 2.52. The van der Waals surface area contributed by atoms with Crippen LogP contribution in [0.15, 0.2) is 18.2 Å². The summed E-state index contributed by atoms with van der Waals surface area (Å²) < 4.78 is 10.3. The van der Waals surface area contributed by atoms with Crippen LogP contribution in [0.1, 0.15) is 17.9 Å². The molecule has 0 radical (unpaired) electrons. The van der Waals surface area contributed by atoms with Crippen LogP contribution in [0.3, 0.4) is 0 Å². The maximum Gasteiger partial charge on any atom is 0.324 e. The third kappa shape index (κ3) is 1.82. The highest BCUT2D eigenvalue weighted by atomic mass is 16.5. The monoisotopic (exact) mass is 237 g/mol. The predicted octanol–water partition coefficient (Wildman–Crippen LogP) is 0.973. The number of hydrogen-bond acceptors (Lipinski definition) is 4. The van der Waals surface area contributed by atoms with Crippen molar-refractivity contribution in [3.05, 3.63) is 23.8 Å². The molecule has 1 fully saturated rings. The number of carbonyl (C=O) groups is 1. The summed E-state index contributed by atoms with van der Waals surface area (Å²) in [5.41, 5.74) is 5.41. The Hall–Kier alpha value is -1.75. The Morgan fingerprint density at radius 2 is 2.18 bits per heavy atom. The van der Waals surface area contributed by atoms with Gasteiger partial charge in [0.1, 0.15) is 17.0 Å². The van der Waals surface area contributed by atoms with E-state index < -0.39 is 11.5 Å². The fourth-order valence-electron chi connectivity index (χ4n) is 2.01. The molecule has 0 unspecified atom stereocenters. The summed E-state index contributed by atoms with van der Waals surface area (Å²) in [6.07, 6.45) is 0.422. The van der Waals surface area contributed by atoms with Crippen molar-refractivity contribution >= 4 is 5.97 Å². The Labute approximate surface area is 99.1 Å². The standard InChI is InChI=1S/C12H15NO4/c1-16-7-3-4-10(17-2)8(5-7)9-6-12(9,13)11(14)15/h3-5,9H,6,13H2,1-2H3,(H,14,15)/t9-,12-/m0/s1. The van der Waals surface area contributed by atoms with Crippen LogP contribution >= 0.6 is 0 Å². The molecule has 2 atom stereocenters. The molecule has 1 aromatic rings. The average molecular weight is 237 g/mol. The molecule has 0 saturated heterocycles. The van der Waals surface area contributed by atoms with Crippen molar-refractivity contribution in [2.24, 2.45) is 5.73 Å². The third-order valence-corrected chi connectivity index (χ3v) is 3.21. The zero-order valence-corrected chi connectivity index (χ0v) is 9.77. The second-order valence-corrected chi connectivity index (χ2v) is 4.21. The summed E-state index contributed by atoms with van der Waals surface area (Å²) in [4.78, 5) is 11.0. The normalized spacial score (nSPS) is 26.4. The Morgan fingerprint density at radius 3 is 2.65 bits per heavy atom. The SMILES string of the molecule is COc1ccc(OC)c([C@@H]2C[C@@]2(N)C(=O)O)c1. The lowest BCUT2D eigenvalue weighted by Gasteiger charge is -2.11. The molecule has 0 aromatic heterocycles. The van der Waals surface area contributed by atoms with Crippen LogP contribution in [0.25, 0.3) is 0 Å². The van der Waals surface area contributed by atoms with Gasteiger partial charge in [-0.25, -0.2) is 0 Å². The van der Waals surface area contributed by atoms with Crippen molar-refractivity contribution in [1.82, 2.24) is 0 Å². The summed E-state index contributed by atoms with van der Waals surface area (Å²) >= 11 is 0. The number of ether oxygens (including phenoxy) is 2. The lowest BCUT2D eigenvalue weighted by Crippen LogP contribution is -2.34. The molecule has 17 heavy (non-hydrogen) atoms. The second-order valence-electron chi connectivity index (χ2n) is 4.21. The van der Waals surface area contributed by atoms with E-state index in [1.54, 1.807) is 32.4 Å². The fourth-order valence-corrected chi connectivity index (χ4v) is 2.01. The number of carboxylic acids is 1. The minimum atomic E-state index is -1.17. The molecular formula is C12H15NO4. The smallest absolute Gasteiger partial charge is 0.324 e. The molecule has 0 heterocycles. The van der Waals surface area contributed by atoms with Gasteiger partial charge in [-0.1, -0.05) is 0 Å². The molecule has 2 rings (SSSR count). The van der Waals surface area contributed by atoms with E-state index in [9.17, 15) is 4.79 Å². The van der Waals surface area contributed by atoms with Gasteiger partial charge in [0.25, 0.3) is 0 Å². The molecule has 92 valence electrons. The number of aliphatic carboxylic acids is 1. The lowest BCUT2D eigenvalue weighted by atomic mass is 10.0. The molecule has 0 bridgehead atoms. The molecule has 0 spiro atoms. The van der Waals surface area contributed by atoms with Crippen molar-refractivity contribution in [2.45, 2.75) is 17.9 Å². The number of nitrogens with two attached hydrogens (primary N) is 1. The summed E-state index contributed by atoms with van der Waals surface area (Å²) in [7, 11) is 3.11. The van der Waals surface area contributed by atoms with Crippen molar-refractivity contribution in [1.29, 1.82) is 0 Å². The number of rotatable bonds is 4. The van der Waals surface area contributed by atoms with Crippen LogP contribution in [0.5, 0.6) is 11.5 Å². The van der Waals surface area contributed by atoms with E-state index >= 15 is 0 Å². The van der Waals surface area contributed by atoms with Crippen LogP contribution < -0.4 is 15.2 Å². The van der Waals surface area contributed by atoms with Crippen molar-refractivity contribution in [3.63, 3.8) is 0 Å². The summed E-state index contributed by atoms with van der Waals surface area (Å²) in [5, 5.41) is 9.04. The maximum atomic E-state index is 11.0. The first-order chi connectivity index (χ1) is 8.02. The van der Waals surface area contributed by atoms with Gasteiger partial charge in [-0.05, 0) is 24.6 Å². The van der Waals surface area contributed by atoms with Gasteiger partial charge in [0.15, 0.2) is 0 Å². The summed E-state index contributed by atoms with van der Waals surface area (Å²) in [5.74, 6) is 0.113. The molecule has 0 amide bonds. The molecule has 0 aliphatic heterocycles. The van der Waals surface area contributed by atoms with Crippen LogP contribution in [0, 0.1) is 0 Å². The second kappa shape index (κ2) is 3.92. The number of benzene rings is 1. The Balaban J connectivity index is 2.36. The molecule has 5 heteroatoms. The first-order valence-corrected chi connectivity index (χ1v) is 5.27. The highest BCUT2D eigenvalue weighted by molar-refractivity contribution is 5.85. The first-order valence-electron chi connectivity index (χ1n) is 5.27. The van der Waals surface area contributed by atoms with E-state index in [1.807, 2.05) is 0 Å². The van der Waals surface area contributed by atoms with Gasteiger partial charge in [-0.2, -0.15) is 0 Å². The van der Waals surface area contributed by atoms with Crippen LogP contribution in [-0.2, 0) is 4.79 Å². The molecule has 1 aliphatic rings. The molecule has 1 saturated carbocycles. The van der Waals surface area contributed by atoms with E-state index in [-0.39, 0.29) is 5.92 Å². The van der Waals surface area contributed by atoms with Gasteiger partial charge in [-0.15, -0.1) is 0 Å². The van der Waals surface area contributed by atoms with Gasteiger partial charge in [0.2, 0.25) is 0 Å². The lowest BCUT2D eigenvalue weighted by molar-refractivity contribution is -0.139. The highest BCUT2D eigenvalue weighted by Gasteiger charge is 2.59. The molecular weight excluding hydrogens is 222 g/mol. The van der Waals surface area contributed by atoms with E-state index in [0.717, 1.165) is 5.56 Å². The van der Waals surface area contributed by atoms with E-state index in [0.29, 0.717) is 17.9 Å². The Kier molecular flexibility index (Phi) is 2.71. The van der Waals surface area contributed by atoms with Gasteiger partial charge >= 0.3 is 5.97 Å². The van der Waals surface area contributed by atoms with Gasteiger partial charge in [-0.3, -0.25) is 4.79 Å². The molecule has 1 aliphatic carbocycles. The Morgan fingerprint density at radius 1 is 1.47 bits per heavy atom.